The van der Waals surface area contributed by atoms with Crippen molar-refractivity contribution >= 4 is 45.1 Å². The number of amides is 2. The summed E-state index contributed by atoms with van der Waals surface area (Å²) in [6.45, 7) is 5.40. The Morgan fingerprint density at radius 2 is 1.48 bits per heavy atom. The van der Waals surface area contributed by atoms with Crippen molar-refractivity contribution in [3.63, 3.8) is 0 Å². The molecule has 1 aromatic carbocycles. The zero-order valence-corrected chi connectivity index (χ0v) is 18.8. The van der Waals surface area contributed by atoms with Crippen LogP contribution in [-0.2, 0) is 9.47 Å². The third-order valence-corrected chi connectivity index (χ3v) is 6.61. The lowest BCUT2D eigenvalue weighted by atomic mass is 10.2. The van der Waals surface area contributed by atoms with Gasteiger partial charge in [0.05, 0.1) is 41.5 Å². The van der Waals surface area contributed by atoms with Crippen LogP contribution in [0.15, 0.2) is 36.4 Å². The Balaban J connectivity index is 1.41. The summed E-state index contributed by atoms with van der Waals surface area (Å²) in [6, 6.07) is 10.5. The van der Waals surface area contributed by atoms with Crippen LogP contribution >= 0.6 is 11.3 Å². The van der Waals surface area contributed by atoms with Crippen LogP contribution in [0.2, 0.25) is 0 Å². The first-order chi connectivity index (χ1) is 16.2. The highest BCUT2D eigenvalue weighted by molar-refractivity contribution is 7.21. The van der Waals surface area contributed by atoms with Gasteiger partial charge in [0.1, 0.15) is 0 Å². The maximum Gasteiger partial charge on any atom is 0.279 e. The number of aromatic nitrogens is 2. The summed E-state index contributed by atoms with van der Waals surface area (Å²) in [5.74, 6) is 0.660. The van der Waals surface area contributed by atoms with Crippen LogP contribution in [0.3, 0.4) is 0 Å². The van der Waals surface area contributed by atoms with Crippen LogP contribution < -0.4 is 20.7 Å². The molecule has 172 valence electrons. The van der Waals surface area contributed by atoms with Gasteiger partial charge < -0.3 is 19.3 Å². The van der Waals surface area contributed by atoms with Crippen molar-refractivity contribution < 1.29 is 19.1 Å². The summed E-state index contributed by atoms with van der Waals surface area (Å²) in [5.41, 5.74) is 6.13. The minimum atomic E-state index is -0.400. The predicted molar refractivity (Wildman–Crippen MR) is 125 cm³/mol. The van der Waals surface area contributed by atoms with Crippen LogP contribution in [0.1, 0.15) is 20.0 Å². The molecule has 0 saturated carbocycles. The van der Waals surface area contributed by atoms with Gasteiger partial charge in [-0.3, -0.25) is 20.4 Å². The van der Waals surface area contributed by atoms with Gasteiger partial charge in [-0.15, -0.1) is 11.3 Å². The number of hydrazine groups is 1. The first kappa shape index (κ1) is 21.6. The van der Waals surface area contributed by atoms with E-state index in [0.29, 0.717) is 48.3 Å². The van der Waals surface area contributed by atoms with E-state index < -0.39 is 5.91 Å². The smallest absolute Gasteiger partial charge is 0.279 e. The van der Waals surface area contributed by atoms with E-state index in [1.54, 1.807) is 30.3 Å². The van der Waals surface area contributed by atoms with E-state index in [1.165, 1.54) is 11.3 Å². The molecule has 0 radical (unpaired) electrons. The molecular formula is C22H24N6O4S. The minimum Gasteiger partial charge on any atom is -0.378 e. The number of morpholine rings is 2. The maximum absolute atomic E-state index is 12.8. The lowest BCUT2D eigenvalue weighted by Crippen LogP contribution is -2.41. The van der Waals surface area contributed by atoms with Crippen molar-refractivity contribution in [2.75, 3.05) is 62.4 Å². The molecule has 0 atom stereocenters. The number of anilines is 2. The summed E-state index contributed by atoms with van der Waals surface area (Å²) < 4.78 is 11.8. The molecule has 2 amide bonds. The maximum atomic E-state index is 12.8. The Kier molecular flexibility index (Phi) is 6.33. The zero-order chi connectivity index (χ0) is 22.6. The summed E-state index contributed by atoms with van der Waals surface area (Å²) >= 11 is 1.31. The van der Waals surface area contributed by atoms with Crippen LogP contribution in [0, 0.1) is 0 Å². The number of rotatable bonds is 4. The number of carbonyl (C=O) groups excluding carboxylic acids is 2. The van der Waals surface area contributed by atoms with Crippen molar-refractivity contribution in [2.24, 2.45) is 0 Å². The average molecular weight is 469 g/mol. The van der Waals surface area contributed by atoms with Crippen LogP contribution in [-0.4, -0.2) is 74.4 Å². The number of hydrogen-bond donors (Lipinski definition) is 2. The van der Waals surface area contributed by atoms with Crippen LogP contribution in [0.5, 0.6) is 0 Å². The van der Waals surface area contributed by atoms with Gasteiger partial charge in [0.25, 0.3) is 11.8 Å². The molecule has 0 unspecified atom stereocenters. The number of carbonyl (C=O) groups is 2. The highest BCUT2D eigenvalue weighted by Gasteiger charge is 2.24. The van der Waals surface area contributed by atoms with Gasteiger partial charge in [0.15, 0.2) is 5.82 Å². The molecule has 33 heavy (non-hydrogen) atoms. The standard InChI is InChI=1S/C22H24N6O4S/c29-20(15-4-2-1-3-5-15)25-26-21(30)17-14-16-18(33-17)19(27-6-10-31-11-7-27)24-22(23-16)28-8-12-32-13-9-28/h1-5,14H,6-13H2,(H,25,29)(H,26,30). The molecule has 2 aliphatic heterocycles. The molecule has 2 aliphatic rings. The molecule has 4 heterocycles. The van der Waals surface area contributed by atoms with Crippen LogP contribution in [0.4, 0.5) is 11.8 Å². The topological polar surface area (TPSA) is 109 Å². The summed E-state index contributed by atoms with van der Waals surface area (Å²) in [6.07, 6.45) is 0. The number of nitrogens with one attached hydrogen (secondary N) is 2. The number of benzene rings is 1. The minimum absolute atomic E-state index is 0.381. The number of ether oxygens (including phenoxy) is 2. The summed E-state index contributed by atoms with van der Waals surface area (Å²) in [5, 5.41) is 0. The molecule has 2 aromatic heterocycles. The van der Waals surface area contributed by atoms with Crippen molar-refractivity contribution in [3.8, 4) is 0 Å². The van der Waals surface area contributed by atoms with Gasteiger partial charge in [-0.1, -0.05) is 18.2 Å². The molecule has 11 heteroatoms. The molecular weight excluding hydrogens is 444 g/mol. The molecule has 3 aromatic rings. The molecule has 2 saturated heterocycles. The lowest BCUT2D eigenvalue weighted by molar-refractivity contribution is 0.0849. The van der Waals surface area contributed by atoms with Crippen molar-refractivity contribution in [1.82, 2.24) is 20.8 Å². The molecule has 0 aliphatic carbocycles. The zero-order valence-electron chi connectivity index (χ0n) is 18.0. The van der Waals surface area contributed by atoms with E-state index in [2.05, 4.69) is 20.7 Å². The molecule has 2 N–H and O–H groups in total. The van der Waals surface area contributed by atoms with E-state index >= 15 is 0 Å². The third-order valence-electron chi connectivity index (χ3n) is 5.50. The van der Waals surface area contributed by atoms with Gasteiger partial charge in [-0.25, -0.2) is 4.98 Å². The van der Waals surface area contributed by atoms with E-state index in [0.717, 1.165) is 36.7 Å². The number of thiophene rings is 1. The Labute approximate surface area is 194 Å². The number of fused-ring (bicyclic) bond motifs is 1. The van der Waals surface area contributed by atoms with E-state index in [1.807, 2.05) is 6.07 Å². The van der Waals surface area contributed by atoms with E-state index in [-0.39, 0.29) is 5.91 Å². The molecule has 0 bridgehead atoms. The van der Waals surface area contributed by atoms with Crippen molar-refractivity contribution in [1.29, 1.82) is 0 Å². The lowest BCUT2D eigenvalue weighted by Gasteiger charge is -2.30. The van der Waals surface area contributed by atoms with Gasteiger partial charge in [0.2, 0.25) is 5.95 Å². The summed E-state index contributed by atoms with van der Waals surface area (Å²) in [7, 11) is 0. The summed E-state index contributed by atoms with van der Waals surface area (Å²) in [4.78, 5) is 39.4. The predicted octanol–water partition coefficient (Wildman–Crippen LogP) is 1.44. The fraction of sp³-hybridized carbons (Fsp3) is 0.364. The Bertz CT molecular complexity index is 1140. The highest BCUT2D eigenvalue weighted by Crippen LogP contribution is 2.34. The molecule has 10 nitrogen and oxygen atoms in total. The van der Waals surface area contributed by atoms with E-state index in [9.17, 15) is 9.59 Å². The number of hydrogen-bond acceptors (Lipinski definition) is 9. The van der Waals surface area contributed by atoms with Crippen molar-refractivity contribution in [2.45, 2.75) is 0 Å². The first-order valence-corrected chi connectivity index (χ1v) is 11.6. The fourth-order valence-electron chi connectivity index (χ4n) is 3.75. The van der Waals surface area contributed by atoms with Gasteiger partial charge in [-0.05, 0) is 18.2 Å². The Morgan fingerprint density at radius 3 is 2.18 bits per heavy atom. The fourth-order valence-corrected chi connectivity index (χ4v) is 4.76. The first-order valence-electron chi connectivity index (χ1n) is 10.8. The second-order valence-corrected chi connectivity index (χ2v) is 8.70. The van der Waals surface area contributed by atoms with Crippen LogP contribution in [0.25, 0.3) is 10.2 Å². The quantitative estimate of drug-likeness (QED) is 0.554. The van der Waals surface area contributed by atoms with Gasteiger partial charge in [0, 0.05) is 31.7 Å². The van der Waals surface area contributed by atoms with E-state index in [4.69, 9.17) is 19.4 Å². The normalized spacial score (nSPS) is 16.6. The molecule has 5 rings (SSSR count). The monoisotopic (exact) mass is 468 g/mol. The number of nitrogens with zero attached hydrogens (tertiary/aromatic N) is 4. The third kappa shape index (κ3) is 4.75. The Morgan fingerprint density at radius 1 is 0.848 bits per heavy atom. The SMILES string of the molecule is O=C(NNC(=O)c1cc2nc(N3CCOCC3)nc(N3CCOCC3)c2s1)c1ccccc1. The van der Waals surface area contributed by atoms with Crippen molar-refractivity contribution in [3.05, 3.63) is 46.8 Å². The molecule has 0 spiro atoms. The second kappa shape index (κ2) is 9.69. The highest BCUT2D eigenvalue weighted by atomic mass is 32.1. The Hall–Kier alpha value is -3.28. The largest absolute Gasteiger partial charge is 0.378 e. The average Bonchev–Trinajstić information content (AvgIpc) is 3.32. The van der Waals surface area contributed by atoms with Gasteiger partial charge >= 0.3 is 0 Å². The molecule has 2 fully saturated rings. The second-order valence-electron chi connectivity index (χ2n) is 7.65. The van der Waals surface area contributed by atoms with Gasteiger partial charge in [-0.2, -0.15) is 4.98 Å².